The molecule has 0 atom stereocenters. The van der Waals surface area contributed by atoms with Crippen molar-refractivity contribution in [2.45, 2.75) is 27.7 Å². The number of benzene rings is 2. The van der Waals surface area contributed by atoms with E-state index >= 15 is 0 Å². The predicted molar refractivity (Wildman–Crippen MR) is 115 cm³/mol. The number of carbonyl (C=O) groups is 2. The summed E-state index contributed by atoms with van der Waals surface area (Å²) in [4.78, 5) is 58.8. The van der Waals surface area contributed by atoms with E-state index in [1.54, 1.807) is 24.3 Å². The molecule has 6 heteroatoms. The van der Waals surface area contributed by atoms with Gasteiger partial charge in [0.15, 0.2) is 0 Å². The lowest BCUT2D eigenvalue weighted by Crippen LogP contribution is -2.34. The Hall–Kier alpha value is -3.80. The third-order valence-electron chi connectivity index (χ3n) is 6.14. The molecule has 6 nitrogen and oxygen atoms in total. The Morgan fingerprint density at radius 3 is 1.23 bits per heavy atom. The Bertz CT molecular complexity index is 1480. The molecular formula is C24H18N2O4. The zero-order valence-corrected chi connectivity index (χ0v) is 16.9. The number of fused-ring (bicyclic) bond motifs is 4. The molecule has 0 bridgehead atoms. The van der Waals surface area contributed by atoms with Gasteiger partial charge in [0.1, 0.15) is 11.4 Å². The average molecular weight is 398 g/mol. The lowest BCUT2D eigenvalue weighted by molar-refractivity contribution is 0.0971. The first-order valence-corrected chi connectivity index (χ1v) is 9.63. The summed E-state index contributed by atoms with van der Waals surface area (Å²) in [6, 6.07) is 6.98. The first-order valence-electron chi connectivity index (χ1n) is 9.63. The number of aromatic nitrogens is 2. The van der Waals surface area contributed by atoms with Crippen LogP contribution in [0, 0.1) is 27.7 Å². The van der Waals surface area contributed by atoms with E-state index in [-0.39, 0.29) is 22.5 Å². The number of rotatable bonds is 0. The van der Waals surface area contributed by atoms with Crippen LogP contribution in [-0.2, 0) is 0 Å². The van der Waals surface area contributed by atoms with Crippen molar-refractivity contribution in [3.05, 3.63) is 89.5 Å². The molecule has 0 saturated heterocycles. The molecule has 0 amide bonds. The minimum Gasteiger partial charge on any atom is -0.351 e. The maximum Gasteiger partial charge on any atom is 0.216 e. The fourth-order valence-corrected chi connectivity index (χ4v) is 4.13. The zero-order chi connectivity index (χ0) is 21.5. The van der Waals surface area contributed by atoms with E-state index in [1.165, 1.54) is 0 Å². The lowest BCUT2D eigenvalue weighted by Gasteiger charge is -2.18. The Labute approximate surface area is 170 Å². The summed E-state index contributed by atoms with van der Waals surface area (Å²) in [6.45, 7) is 7.56. The highest BCUT2D eigenvalue weighted by Gasteiger charge is 2.36. The normalized spacial score (nSPS) is 13.1. The first-order chi connectivity index (χ1) is 14.2. The highest BCUT2D eigenvalue weighted by atomic mass is 16.2. The first kappa shape index (κ1) is 18.2. The van der Waals surface area contributed by atoms with Gasteiger partial charge in [0.2, 0.25) is 22.4 Å². The third-order valence-corrected chi connectivity index (χ3v) is 6.14. The molecular weight excluding hydrogens is 380 g/mol. The molecule has 4 aromatic rings. The second-order valence-electron chi connectivity index (χ2n) is 8.03. The summed E-state index contributed by atoms with van der Waals surface area (Å²) >= 11 is 0. The van der Waals surface area contributed by atoms with Gasteiger partial charge in [-0.05, 0) is 74.2 Å². The molecule has 1 aliphatic rings. The average Bonchev–Trinajstić information content (AvgIpc) is 2.69. The van der Waals surface area contributed by atoms with Crippen molar-refractivity contribution in [2.75, 3.05) is 0 Å². The van der Waals surface area contributed by atoms with Gasteiger partial charge in [0.05, 0.1) is 22.2 Å². The summed E-state index contributed by atoms with van der Waals surface area (Å²) in [5.41, 5.74) is 2.95. The molecule has 0 fully saturated rings. The quantitative estimate of drug-likeness (QED) is 0.418. The van der Waals surface area contributed by atoms with Crippen molar-refractivity contribution in [2.24, 2.45) is 0 Å². The summed E-state index contributed by atoms with van der Waals surface area (Å²) in [6.07, 6.45) is 0. The fraction of sp³-hybridized carbons (Fsp3) is 0.167. The van der Waals surface area contributed by atoms with Crippen molar-refractivity contribution < 1.29 is 9.59 Å². The van der Waals surface area contributed by atoms with E-state index < -0.39 is 22.4 Å². The Morgan fingerprint density at radius 1 is 0.533 bits per heavy atom. The molecule has 30 heavy (non-hydrogen) atoms. The molecule has 2 aromatic carbocycles. The van der Waals surface area contributed by atoms with E-state index in [1.807, 2.05) is 27.7 Å². The number of pyridine rings is 2. The van der Waals surface area contributed by atoms with E-state index in [2.05, 4.69) is 9.97 Å². The molecule has 0 unspecified atom stereocenters. The third kappa shape index (κ3) is 2.24. The van der Waals surface area contributed by atoms with Crippen LogP contribution in [0.4, 0.5) is 0 Å². The summed E-state index contributed by atoms with van der Waals surface area (Å²) in [5, 5.41) is 0.687. The van der Waals surface area contributed by atoms with Gasteiger partial charge in [-0.3, -0.25) is 19.2 Å². The van der Waals surface area contributed by atoms with E-state index in [4.69, 9.17) is 0 Å². The second kappa shape index (κ2) is 5.86. The van der Waals surface area contributed by atoms with E-state index in [0.29, 0.717) is 21.8 Å². The van der Waals surface area contributed by atoms with Crippen LogP contribution in [0.5, 0.6) is 0 Å². The molecule has 1 aliphatic carbocycles. The van der Waals surface area contributed by atoms with Gasteiger partial charge in [-0.15, -0.1) is 0 Å². The van der Waals surface area contributed by atoms with E-state index in [0.717, 1.165) is 22.3 Å². The van der Waals surface area contributed by atoms with Crippen molar-refractivity contribution >= 4 is 33.4 Å². The SMILES string of the molecule is Cc1cc2[nH]c3c(c(=O)c2cc1C)C(=O)c1[nH]c2cc(C)c(C)cc2c(=O)c1C3=O. The molecule has 0 aliphatic heterocycles. The highest BCUT2D eigenvalue weighted by molar-refractivity contribution is 6.28. The Morgan fingerprint density at radius 2 is 0.867 bits per heavy atom. The summed E-state index contributed by atoms with van der Waals surface area (Å²) in [5.74, 6) is -1.28. The number of H-pyrrole nitrogens is 2. The number of aromatic amines is 2. The van der Waals surface area contributed by atoms with Gasteiger partial charge in [-0.2, -0.15) is 0 Å². The van der Waals surface area contributed by atoms with Gasteiger partial charge in [0, 0.05) is 10.8 Å². The Balaban J connectivity index is 1.91. The van der Waals surface area contributed by atoms with Crippen LogP contribution in [0.2, 0.25) is 0 Å². The van der Waals surface area contributed by atoms with Gasteiger partial charge in [0.25, 0.3) is 0 Å². The predicted octanol–water partition coefficient (Wildman–Crippen LogP) is 3.38. The van der Waals surface area contributed by atoms with Crippen LogP contribution in [0.3, 0.4) is 0 Å². The maximum absolute atomic E-state index is 13.3. The largest absolute Gasteiger partial charge is 0.351 e. The monoisotopic (exact) mass is 398 g/mol. The van der Waals surface area contributed by atoms with Gasteiger partial charge >= 0.3 is 0 Å². The molecule has 0 radical (unpaired) electrons. The molecule has 2 aromatic heterocycles. The summed E-state index contributed by atoms with van der Waals surface area (Å²) < 4.78 is 0. The van der Waals surface area contributed by atoms with Gasteiger partial charge in [-0.1, -0.05) is 0 Å². The second-order valence-corrected chi connectivity index (χ2v) is 8.03. The van der Waals surface area contributed by atoms with Crippen molar-refractivity contribution in [1.29, 1.82) is 0 Å². The molecule has 148 valence electrons. The topological polar surface area (TPSA) is 99.9 Å². The van der Waals surface area contributed by atoms with Crippen molar-refractivity contribution in [1.82, 2.24) is 9.97 Å². The minimum absolute atomic E-state index is 0.123. The fourth-order valence-electron chi connectivity index (χ4n) is 4.13. The van der Waals surface area contributed by atoms with Crippen LogP contribution in [0.15, 0.2) is 33.9 Å². The lowest BCUT2D eigenvalue weighted by atomic mass is 9.87. The number of hydrogen-bond donors (Lipinski definition) is 2. The van der Waals surface area contributed by atoms with Gasteiger partial charge in [-0.25, -0.2) is 0 Å². The molecule has 5 rings (SSSR count). The highest BCUT2D eigenvalue weighted by Crippen LogP contribution is 2.26. The molecule has 2 heterocycles. The van der Waals surface area contributed by atoms with Crippen LogP contribution < -0.4 is 10.9 Å². The van der Waals surface area contributed by atoms with Crippen LogP contribution in [-0.4, -0.2) is 21.5 Å². The standard InChI is InChI=1S/C24H18N2O4/c1-9-5-13-15(7-11(9)3)25-19-17(21(13)27)23(29)20-18(24(19)30)22(28)14-6-10(2)12(4)8-16(14)26-20/h5-8H,1-4H3,(H,25,27)(H,26,28). The summed E-state index contributed by atoms with van der Waals surface area (Å²) in [7, 11) is 0. The van der Waals surface area contributed by atoms with Gasteiger partial charge < -0.3 is 9.97 Å². The number of hydrogen-bond acceptors (Lipinski definition) is 4. The Kier molecular flexibility index (Phi) is 3.56. The molecule has 0 saturated carbocycles. The zero-order valence-electron chi connectivity index (χ0n) is 16.9. The number of nitrogens with one attached hydrogen (secondary N) is 2. The maximum atomic E-state index is 13.3. The minimum atomic E-state index is -0.641. The smallest absolute Gasteiger partial charge is 0.216 e. The van der Waals surface area contributed by atoms with Crippen LogP contribution >= 0.6 is 0 Å². The molecule has 2 N–H and O–H groups in total. The number of carbonyl (C=O) groups excluding carboxylic acids is 2. The number of aryl methyl sites for hydroxylation is 4. The van der Waals surface area contributed by atoms with E-state index in [9.17, 15) is 19.2 Å². The number of ketones is 2. The van der Waals surface area contributed by atoms with Crippen molar-refractivity contribution in [3.8, 4) is 0 Å². The van der Waals surface area contributed by atoms with Crippen molar-refractivity contribution in [3.63, 3.8) is 0 Å². The van der Waals surface area contributed by atoms with Crippen LogP contribution in [0.25, 0.3) is 21.8 Å². The molecule has 0 spiro atoms. The van der Waals surface area contributed by atoms with Crippen LogP contribution in [0.1, 0.15) is 54.4 Å².